The average molecular weight is 405 g/mol. The predicted molar refractivity (Wildman–Crippen MR) is 118 cm³/mol. The molecule has 1 fully saturated rings. The third kappa shape index (κ3) is 6.49. The molecular weight excluding hydrogens is 378 g/mol. The van der Waals surface area contributed by atoms with Crippen molar-refractivity contribution >= 4 is 23.8 Å². The van der Waals surface area contributed by atoms with Crippen molar-refractivity contribution in [3.63, 3.8) is 0 Å². The van der Waals surface area contributed by atoms with E-state index in [1.807, 2.05) is 48.5 Å². The van der Waals surface area contributed by atoms with Crippen molar-refractivity contribution in [3.8, 4) is 0 Å². The molecule has 1 amide bonds. The summed E-state index contributed by atoms with van der Waals surface area (Å²) in [6.45, 7) is 5.25. The van der Waals surface area contributed by atoms with E-state index >= 15 is 0 Å². The first-order valence-electron chi connectivity index (χ1n) is 9.98. The molecule has 156 valence electrons. The minimum Gasteiger partial charge on any atom is -0.304 e. The molecule has 0 aliphatic carbocycles. The number of carbonyl (C=O) groups is 2. The number of hydroxylamine groups is 1. The summed E-state index contributed by atoms with van der Waals surface area (Å²) in [4.78, 5) is 28.2. The number of amides is 1. The number of benzene rings is 2. The maximum atomic E-state index is 12.5. The Bertz CT molecular complexity index is 910. The lowest BCUT2D eigenvalue weighted by atomic mass is 10.1. The van der Waals surface area contributed by atoms with Crippen LogP contribution in [0, 0.1) is 0 Å². The zero-order valence-corrected chi connectivity index (χ0v) is 17.1. The van der Waals surface area contributed by atoms with Gasteiger partial charge in [0.2, 0.25) is 0 Å². The summed E-state index contributed by atoms with van der Waals surface area (Å²) >= 11 is 0. The second-order valence-electron chi connectivity index (χ2n) is 7.45. The maximum Gasteiger partial charge on any atom is 0.267 e. The van der Waals surface area contributed by atoms with Crippen molar-refractivity contribution in [2.45, 2.75) is 6.54 Å². The summed E-state index contributed by atoms with van der Waals surface area (Å²) in [6.07, 6.45) is 6.17. The lowest BCUT2D eigenvalue weighted by Gasteiger charge is -2.32. The van der Waals surface area contributed by atoms with Crippen molar-refractivity contribution in [3.05, 3.63) is 82.9 Å². The topological polar surface area (TPSA) is 72.9 Å². The molecule has 1 heterocycles. The van der Waals surface area contributed by atoms with Gasteiger partial charge in [0.25, 0.3) is 5.91 Å². The number of ketones is 1. The maximum absolute atomic E-state index is 12.5. The molecule has 2 aromatic rings. The molecule has 6 heteroatoms. The van der Waals surface area contributed by atoms with Gasteiger partial charge < -0.3 is 4.90 Å². The minimum absolute atomic E-state index is 0.0373. The fourth-order valence-electron chi connectivity index (χ4n) is 3.23. The Balaban J connectivity index is 1.54. The standard InChI is InChI=1S/C24H27N3O3/c1-26-14-16-27(17-15-26)18-21-6-10-22(11-7-21)23(28)12-8-19-2-4-20(5-3-19)9-13-24(29)25-30/h2-13,30H,14-18H2,1H3,(H,25,29)/b12-8+,13-9+. The summed E-state index contributed by atoms with van der Waals surface area (Å²) in [5.41, 5.74) is 5.14. The molecule has 1 saturated heterocycles. The number of rotatable bonds is 7. The number of allylic oxidation sites excluding steroid dienone is 1. The Kier molecular flexibility index (Phi) is 7.68. The van der Waals surface area contributed by atoms with Gasteiger partial charge in [-0.3, -0.25) is 19.7 Å². The lowest BCUT2D eigenvalue weighted by Crippen LogP contribution is -2.43. The summed E-state index contributed by atoms with van der Waals surface area (Å²) in [7, 11) is 2.15. The van der Waals surface area contributed by atoms with Gasteiger partial charge >= 0.3 is 0 Å². The normalized spacial score (nSPS) is 15.7. The largest absolute Gasteiger partial charge is 0.304 e. The monoisotopic (exact) mass is 405 g/mol. The molecule has 0 radical (unpaired) electrons. The van der Waals surface area contributed by atoms with Gasteiger partial charge in [0.1, 0.15) is 0 Å². The molecular formula is C24H27N3O3. The Labute approximate surface area is 177 Å². The van der Waals surface area contributed by atoms with Gasteiger partial charge in [-0.25, -0.2) is 5.48 Å². The lowest BCUT2D eigenvalue weighted by molar-refractivity contribution is -0.124. The van der Waals surface area contributed by atoms with E-state index in [9.17, 15) is 9.59 Å². The summed E-state index contributed by atoms with van der Waals surface area (Å²) < 4.78 is 0. The van der Waals surface area contributed by atoms with Crippen molar-refractivity contribution in [2.75, 3.05) is 33.2 Å². The van der Waals surface area contributed by atoms with Crippen molar-refractivity contribution in [2.24, 2.45) is 0 Å². The fourth-order valence-corrected chi connectivity index (χ4v) is 3.23. The first-order chi connectivity index (χ1) is 14.5. The second kappa shape index (κ2) is 10.6. The average Bonchev–Trinajstić information content (AvgIpc) is 2.78. The molecule has 0 unspecified atom stereocenters. The Morgan fingerprint density at radius 1 is 0.900 bits per heavy atom. The van der Waals surface area contributed by atoms with E-state index in [2.05, 4.69) is 16.8 Å². The van der Waals surface area contributed by atoms with E-state index in [1.54, 1.807) is 23.7 Å². The van der Waals surface area contributed by atoms with Crippen LogP contribution in [0.5, 0.6) is 0 Å². The van der Waals surface area contributed by atoms with Crippen LogP contribution in [0.15, 0.2) is 60.7 Å². The molecule has 0 spiro atoms. The van der Waals surface area contributed by atoms with Crippen LogP contribution in [0.2, 0.25) is 0 Å². The highest BCUT2D eigenvalue weighted by Gasteiger charge is 2.13. The van der Waals surface area contributed by atoms with Gasteiger partial charge in [-0.1, -0.05) is 54.6 Å². The number of carbonyl (C=O) groups excluding carboxylic acids is 2. The molecule has 2 N–H and O–H groups in total. The Morgan fingerprint density at radius 2 is 1.47 bits per heavy atom. The molecule has 30 heavy (non-hydrogen) atoms. The molecule has 3 rings (SSSR count). The summed E-state index contributed by atoms with van der Waals surface area (Å²) in [5, 5.41) is 8.47. The Hall–Kier alpha value is -3.06. The van der Waals surface area contributed by atoms with Gasteiger partial charge in [0, 0.05) is 44.4 Å². The van der Waals surface area contributed by atoms with Crippen LogP contribution in [-0.4, -0.2) is 59.9 Å². The van der Waals surface area contributed by atoms with Gasteiger partial charge in [-0.15, -0.1) is 0 Å². The number of hydrogen-bond donors (Lipinski definition) is 2. The summed E-state index contributed by atoms with van der Waals surface area (Å²) in [6, 6.07) is 15.2. The van der Waals surface area contributed by atoms with Gasteiger partial charge in [0.05, 0.1) is 0 Å². The molecule has 0 saturated carbocycles. The van der Waals surface area contributed by atoms with Crippen LogP contribution >= 0.6 is 0 Å². The van der Waals surface area contributed by atoms with Gasteiger partial charge in [-0.2, -0.15) is 0 Å². The minimum atomic E-state index is -0.584. The van der Waals surface area contributed by atoms with E-state index in [4.69, 9.17) is 5.21 Å². The zero-order chi connectivity index (χ0) is 21.3. The molecule has 1 aliphatic rings. The van der Waals surface area contributed by atoms with Crippen LogP contribution in [0.25, 0.3) is 12.2 Å². The molecule has 1 aliphatic heterocycles. The third-order valence-corrected chi connectivity index (χ3v) is 5.14. The van der Waals surface area contributed by atoms with Crippen molar-refractivity contribution < 1.29 is 14.8 Å². The number of nitrogens with one attached hydrogen (secondary N) is 1. The molecule has 6 nitrogen and oxygen atoms in total. The number of likely N-dealkylation sites (N-methyl/N-ethyl adjacent to an activating group) is 1. The first kappa shape index (κ1) is 21.6. The SMILES string of the molecule is CN1CCN(Cc2ccc(C(=O)/C=C/c3ccc(/C=C/C(=O)NO)cc3)cc2)CC1. The van der Waals surface area contributed by atoms with Crippen molar-refractivity contribution in [1.82, 2.24) is 15.3 Å². The zero-order valence-electron chi connectivity index (χ0n) is 17.1. The molecule has 0 atom stereocenters. The van der Waals surface area contributed by atoms with Crippen LogP contribution in [-0.2, 0) is 11.3 Å². The predicted octanol–water partition coefficient (Wildman–Crippen LogP) is 2.85. The molecule has 2 aromatic carbocycles. The first-order valence-corrected chi connectivity index (χ1v) is 9.98. The van der Waals surface area contributed by atoms with Crippen LogP contribution in [0.1, 0.15) is 27.0 Å². The number of nitrogens with zero attached hydrogens (tertiary/aromatic N) is 2. The fraction of sp³-hybridized carbons (Fsp3) is 0.250. The van der Waals surface area contributed by atoms with Crippen LogP contribution in [0.4, 0.5) is 0 Å². The van der Waals surface area contributed by atoms with Crippen LogP contribution in [0.3, 0.4) is 0 Å². The van der Waals surface area contributed by atoms with E-state index < -0.39 is 5.91 Å². The number of piperazine rings is 1. The molecule has 0 aromatic heterocycles. The van der Waals surface area contributed by atoms with E-state index in [-0.39, 0.29) is 5.78 Å². The van der Waals surface area contributed by atoms with Crippen molar-refractivity contribution in [1.29, 1.82) is 0 Å². The van der Waals surface area contributed by atoms with Crippen LogP contribution < -0.4 is 5.48 Å². The number of hydrogen-bond acceptors (Lipinski definition) is 5. The Morgan fingerprint density at radius 3 is 2.03 bits per heavy atom. The van der Waals surface area contributed by atoms with Gasteiger partial charge in [0.15, 0.2) is 5.78 Å². The third-order valence-electron chi connectivity index (χ3n) is 5.14. The highest BCUT2D eigenvalue weighted by molar-refractivity contribution is 6.06. The molecule has 0 bridgehead atoms. The van der Waals surface area contributed by atoms with E-state index in [1.165, 1.54) is 11.6 Å². The van der Waals surface area contributed by atoms with Gasteiger partial charge in [-0.05, 0) is 35.9 Å². The highest BCUT2D eigenvalue weighted by Crippen LogP contribution is 2.12. The van der Waals surface area contributed by atoms with E-state index in [0.717, 1.165) is 43.9 Å². The highest BCUT2D eigenvalue weighted by atomic mass is 16.5. The van der Waals surface area contributed by atoms with E-state index in [0.29, 0.717) is 5.56 Å². The summed E-state index contributed by atoms with van der Waals surface area (Å²) in [5.74, 6) is -0.621. The second-order valence-corrected chi connectivity index (χ2v) is 7.45. The quantitative estimate of drug-likeness (QED) is 0.321. The smallest absolute Gasteiger partial charge is 0.267 e.